The minimum atomic E-state index is -0.324. The van der Waals surface area contributed by atoms with Crippen LogP contribution in [0.1, 0.15) is 22.7 Å². The number of amides is 2. The lowest BCUT2D eigenvalue weighted by Crippen LogP contribution is -2.36. The van der Waals surface area contributed by atoms with Crippen molar-refractivity contribution in [3.63, 3.8) is 0 Å². The van der Waals surface area contributed by atoms with Crippen LogP contribution in [0, 0.1) is 5.82 Å². The van der Waals surface area contributed by atoms with Crippen molar-refractivity contribution in [1.82, 2.24) is 10.2 Å². The standard InChI is InChI=1S/C26H30FN3O3/c1-30(2)25(21-7-5-8-22(27)15-21)16-28-26(31)29-23-9-4-6-20(14-23)18-33-17-19-10-12-24(32-3)13-11-19/h4-15,25H,16-18H2,1-3H3,(H2,28,29,31). The number of nitrogens with zero attached hydrogens (tertiary/aromatic N) is 1. The van der Waals surface area contributed by atoms with Crippen LogP contribution in [0.5, 0.6) is 5.75 Å². The third kappa shape index (κ3) is 7.59. The number of nitrogens with one attached hydrogen (secondary N) is 2. The lowest BCUT2D eigenvalue weighted by Gasteiger charge is -2.25. The molecule has 2 N–H and O–H groups in total. The summed E-state index contributed by atoms with van der Waals surface area (Å²) in [6.45, 7) is 1.24. The zero-order chi connectivity index (χ0) is 23.6. The summed E-state index contributed by atoms with van der Waals surface area (Å²) < 4.78 is 24.6. The lowest BCUT2D eigenvalue weighted by atomic mass is 10.1. The zero-order valence-electron chi connectivity index (χ0n) is 19.2. The van der Waals surface area contributed by atoms with Crippen LogP contribution in [0.25, 0.3) is 0 Å². The Balaban J connectivity index is 1.49. The molecule has 7 heteroatoms. The van der Waals surface area contributed by atoms with Crippen LogP contribution in [0.3, 0.4) is 0 Å². The number of hydrogen-bond acceptors (Lipinski definition) is 4. The number of carbonyl (C=O) groups is 1. The van der Waals surface area contributed by atoms with Crippen molar-refractivity contribution in [2.75, 3.05) is 33.1 Å². The van der Waals surface area contributed by atoms with E-state index in [1.54, 1.807) is 13.2 Å². The Hall–Kier alpha value is -3.42. The van der Waals surface area contributed by atoms with Gasteiger partial charge >= 0.3 is 6.03 Å². The number of benzene rings is 3. The van der Waals surface area contributed by atoms with E-state index in [1.807, 2.05) is 73.6 Å². The Morgan fingerprint density at radius 3 is 2.39 bits per heavy atom. The number of methoxy groups -OCH3 is 1. The SMILES string of the molecule is COc1ccc(COCc2cccc(NC(=O)NCC(c3cccc(F)c3)N(C)C)c2)cc1. The fourth-order valence-electron chi connectivity index (χ4n) is 3.42. The average Bonchev–Trinajstić information content (AvgIpc) is 2.80. The van der Waals surface area contributed by atoms with E-state index in [-0.39, 0.29) is 17.9 Å². The van der Waals surface area contributed by atoms with Gasteiger partial charge in [0.1, 0.15) is 11.6 Å². The Morgan fingerprint density at radius 2 is 1.70 bits per heavy atom. The molecule has 1 unspecified atom stereocenters. The van der Waals surface area contributed by atoms with Crippen LogP contribution in [-0.4, -0.2) is 38.7 Å². The highest BCUT2D eigenvalue weighted by atomic mass is 19.1. The number of halogens is 1. The van der Waals surface area contributed by atoms with E-state index in [2.05, 4.69) is 10.6 Å². The molecule has 0 saturated heterocycles. The predicted molar refractivity (Wildman–Crippen MR) is 128 cm³/mol. The van der Waals surface area contributed by atoms with E-state index in [9.17, 15) is 9.18 Å². The Kier molecular flexibility index (Phi) is 8.80. The molecule has 0 saturated carbocycles. The summed E-state index contributed by atoms with van der Waals surface area (Å²) in [5.74, 6) is 0.512. The quantitative estimate of drug-likeness (QED) is 0.457. The number of carbonyl (C=O) groups excluding carboxylic acids is 1. The third-order valence-electron chi connectivity index (χ3n) is 5.19. The van der Waals surface area contributed by atoms with Gasteiger partial charge in [0.2, 0.25) is 0 Å². The smallest absolute Gasteiger partial charge is 0.319 e. The lowest BCUT2D eigenvalue weighted by molar-refractivity contribution is 0.107. The molecule has 174 valence electrons. The van der Waals surface area contributed by atoms with Gasteiger partial charge in [-0.1, -0.05) is 36.4 Å². The van der Waals surface area contributed by atoms with Crippen LogP contribution in [0.4, 0.5) is 14.9 Å². The molecule has 0 aromatic heterocycles. The molecular weight excluding hydrogens is 421 g/mol. The number of urea groups is 1. The monoisotopic (exact) mass is 451 g/mol. The second kappa shape index (κ2) is 12.0. The summed E-state index contributed by atoms with van der Waals surface area (Å²) in [5, 5.41) is 5.72. The van der Waals surface area contributed by atoms with Gasteiger partial charge in [-0.15, -0.1) is 0 Å². The van der Waals surface area contributed by atoms with Gasteiger partial charge in [0.05, 0.1) is 26.4 Å². The zero-order valence-corrected chi connectivity index (χ0v) is 19.2. The maximum Gasteiger partial charge on any atom is 0.319 e. The van der Waals surface area contributed by atoms with Crippen molar-refractivity contribution in [2.45, 2.75) is 19.3 Å². The van der Waals surface area contributed by atoms with Gasteiger partial charge in [0.15, 0.2) is 0 Å². The molecule has 0 bridgehead atoms. The fraction of sp³-hybridized carbons (Fsp3) is 0.269. The summed E-state index contributed by atoms with van der Waals surface area (Å²) in [7, 11) is 5.42. The van der Waals surface area contributed by atoms with Crippen LogP contribution in [0.15, 0.2) is 72.8 Å². The Labute approximate surface area is 194 Å². The van der Waals surface area contributed by atoms with Crippen LogP contribution < -0.4 is 15.4 Å². The summed E-state index contributed by atoms with van der Waals surface area (Å²) in [6, 6.07) is 21.2. The first-order valence-corrected chi connectivity index (χ1v) is 10.7. The molecule has 0 heterocycles. The van der Waals surface area contributed by atoms with Crippen molar-refractivity contribution < 1.29 is 18.7 Å². The van der Waals surface area contributed by atoms with E-state index in [1.165, 1.54) is 12.1 Å². The van der Waals surface area contributed by atoms with Crippen LogP contribution in [-0.2, 0) is 18.0 Å². The average molecular weight is 452 g/mol. The van der Waals surface area contributed by atoms with Gasteiger partial charge in [-0.25, -0.2) is 9.18 Å². The summed E-state index contributed by atoms with van der Waals surface area (Å²) in [5.41, 5.74) is 3.48. The molecule has 0 spiro atoms. The van der Waals surface area contributed by atoms with Crippen LogP contribution in [0.2, 0.25) is 0 Å². The summed E-state index contributed by atoms with van der Waals surface area (Å²) in [6.07, 6.45) is 0. The largest absolute Gasteiger partial charge is 0.497 e. The molecule has 2 amide bonds. The van der Waals surface area contributed by atoms with Gasteiger partial charge in [-0.2, -0.15) is 0 Å². The molecule has 6 nitrogen and oxygen atoms in total. The maximum atomic E-state index is 13.6. The molecule has 0 fully saturated rings. The second-order valence-electron chi connectivity index (χ2n) is 7.91. The van der Waals surface area contributed by atoms with Crippen LogP contribution >= 0.6 is 0 Å². The van der Waals surface area contributed by atoms with Crippen molar-refractivity contribution in [2.24, 2.45) is 0 Å². The van der Waals surface area contributed by atoms with Gasteiger partial charge < -0.3 is 25.0 Å². The molecular formula is C26H30FN3O3. The van der Waals surface area contributed by atoms with Gasteiger partial charge in [-0.05, 0) is 67.2 Å². The predicted octanol–water partition coefficient (Wildman–Crippen LogP) is 4.98. The van der Waals surface area contributed by atoms with E-state index in [0.29, 0.717) is 25.4 Å². The van der Waals surface area contributed by atoms with Crippen molar-refractivity contribution in [3.8, 4) is 5.75 Å². The second-order valence-corrected chi connectivity index (χ2v) is 7.91. The maximum absolute atomic E-state index is 13.6. The number of likely N-dealkylation sites (N-methyl/N-ethyl adjacent to an activating group) is 1. The van der Waals surface area contributed by atoms with E-state index in [4.69, 9.17) is 9.47 Å². The first-order chi connectivity index (χ1) is 15.9. The molecule has 3 rings (SSSR count). The molecule has 0 radical (unpaired) electrons. The van der Waals surface area contributed by atoms with Gasteiger partial charge in [-0.3, -0.25) is 0 Å². The van der Waals surface area contributed by atoms with E-state index < -0.39 is 0 Å². The fourth-order valence-corrected chi connectivity index (χ4v) is 3.42. The molecule has 0 aliphatic heterocycles. The number of hydrogen-bond donors (Lipinski definition) is 2. The number of anilines is 1. The number of rotatable bonds is 10. The molecule has 3 aromatic carbocycles. The minimum absolute atomic E-state index is 0.149. The minimum Gasteiger partial charge on any atom is -0.497 e. The summed E-state index contributed by atoms with van der Waals surface area (Å²) >= 11 is 0. The molecule has 33 heavy (non-hydrogen) atoms. The molecule has 0 aliphatic carbocycles. The topological polar surface area (TPSA) is 62.8 Å². The van der Waals surface area contributed by atoms with E-state index >= 15 is 0 Å². The van der Waals surface area contributed by atoms with E-state index in [0.717, 1.165) is 22.4 Å². The van der Waals surface area contributed by atoms with Crippen molar-refractivity contribution >= 4 is 11.7 Å². The highest BCUT2D eigenvalue weighted by Crippen LogP contribution is 2.19. The normalized spacial score (nSPS) is 11.8. The molecule has 1 atom stereocenters. The third-order valence-corrected chi connectivity index (χ3v) is 5.19. The van der Waals surface area contributed by atoms with Gasteiger partial charge in [0, 0.05) is 12.2 Å². The van der Waals surface area contributed by atoms with Crippen molar-refractivity contribution in [1.29, 1.82) is 0 Å². The summed E-state index contributed by atoms with van der Waals surface area (Å²) in [4.78, 5) is 14.4. The molecule has 3 aromatic rings. The molecule has 0 aliphatic rings. The Bertz CT molecular complexity index is 1040. The van der Waals surface area contributed by atoms with Crippen molar-refractivity contribution in [3.05, 3.63) is 95.3 Å². The van der Waals surface area contributed by atoms with Gasteiger partial charge in [0.25, 0.3) is 0 Å². The highest BCUT2D eigenvalue weighted by Gasteiger charge is 2.16. The number of ether oxygens (including phenoxy) is 2. The first-order valence-electron chi connectivity index (χ1n) is 10.7. The Morgan fingerprint density at radius 1 is 0.970 bits per heavy atom. The highest BCUT2D eigenvalue weighted by molar-refractivity contribution is 5.89. The first kappa shape index (κ1) is 24.2.